The first-order valence-corrected chi connectivity index (χ1v) is 7.61. The maximum Gasteiger partial charge on any atom is 0.123 e. The number of hydrogen-bond acceptors (Lipinski definition) is 3. The highest BCUT2D eigenvalue weighted by Gasteiger charge is 2.03. The van der Waals surface area contributed by atoms with E-state index < -0.39 is 0 Å². The maximum absolute atomic E-state index is 5.81. The third-order valence-corrected chi connectivity index (χ3v) is 3.00. The van der Waals surface area contributed by atoms with Crippen LogP contribution in [-0.4, -0.2) is 25.9 Å². The molecule has 3 heteroatoms. The SMILES string of the molecule is CC(C)CCOCCOc1ccccc1CNC(C)C. The van der Waals surface area contributed by atoms with Crippen LogP contribution in [0.5, 0.6) is 5.75 Å². The highest BCUT2D eigenvalue weighted by molar-refractivity contribution is 5.33. The van der Waals surface area contributed by atoms with Gasteiger partial charge in [0.25, 0.3) is 0 Å². The zero-order valence-electron chi connectivity index (χ0n) is 13.3. The zero-order valence-corrected chi connectivity index (χ0v) is 13.3. The summed E-state index contributed by atoms with van der Waals surface area (Å²) in [6, 6.07) is 8.65. The molecule has 0 spiro atoms. The molecule has 1 rings (SSSR count). The predicted molar refractivity (Wildman–Crippen MR) is 84.2 cm³/mol. The number of para-hydroxylation sites is 1. The average molecular weight is 279 g/mol. The molecule has 1 aromatic rings. The van der Waals surface area contributed by atoms with Crippen molar-refractivity contribution in [3.8, 4) is 5.75 Å². The van der Waals surface area contributed by atoms with Crippen molar-refractivity contribution in [1.29, 1.82) is 0 Å². The van der Waals surface area contributed by atoms with Crippen LogP contribution in [0.4, 0.5) is 0 Å². The first-order chi connectivity index (χ1) is 9.59. The molecule has 0 heterocycles. The van der Waals surface area contributed by atoms with Crippen molar-refractivity contribution in [2.45, 2.75) is 46.7 Å². The van der Waals surface area contributed by atoms with Gasteiger partial charge in [0.1, 0.15) is 12.4 Å². The van der Waals surface area contributed by atoms with E-state index in [0.717, 1.165) is 25.3 Å². The molecule has 0 aliphatic heterocycles. The van der Waals surface area contributed by atoms with Gasteiger partial charge < -0.3 is 14.8 Å². The number of hydrogen-bond donors (Lipinski definition) is 1. The largest absolute Gasteiger partial charge is 0.491 e. The zero-order chi connectivity index (χ0) is 14.8. The molecule has 1 N–H and O–H groups in total. The minimum atomic E-state index is 0.474. The molecule has 0 aliphatic carbocycles. The predicted octanol–water partition coefficient (Wildman–Crippen LogP) is 3.63. The van der Waals surface area contributed by atoms with Crippen LogP contribution in [0.2, 0.25) is 0 Å². The van der Waals surface area contributed by atoms with Gasteiger partial charge in [0.05, 0.1) is 6.61 Å². The van der Waals surface area contributed by atoms with Gasteiger partial charge in [-0.1, -0.05) is 45.9 Å². The van der Waals surface area contributed by atoms with Crippen molar-refractivity contribution in [2.75, 3.05) is 19.8 Å². The Bertz CT molecular complexity index is 364. The van der Waals surface area contributed by atoms with Crippen LogP contribution in [-0.2, 0) is 11.3 Å². The molecule has 0 aromatic heterocycles. The second kappa shape index (κ2) is 9.78. The van der Waals surface area contributed by atoms with Crippen LogP contribution in [0.25, 0.3) is 0 Å². The molecular formula is C17H29NO2. The Morgan fingerprint density at radius 2 is 1.75 bits per heavy atom. The second-order valence-corrected chi connectivity index (χ2v) is 5.79. The topological polar surface area (TPSA) is 30.5 Å². The summed E-state index contributed by atoms with van der Waals surface area (Å²) < 4.78 is 11.4. The van der Waals surface area contributed by atoms with Gasteiger partial charge in [-0.25, -0.2) is 0 Å². The third kappa shape index (κ3) is 7.51. The fraction of sp³-hybridized carbons (Fsp3) is 0.647. The monoisotopic (exact) mass is 279 g/mol. The Hall–Kier alpha value is -1.06. The fourth-order valence-corrected chi connectivity index (χ4v) is 1.74. The minimum absolute atomic E-state index is 0.474. The van der Waals surface area contributed by atoms with Crippen LogP contribution in [0.15, 0.2) is 24.3 Å². The van der Waals surface area contributed by atoms with Gasteiger partial charge in [-0.15, -0.1) is 0 Å². The Labute approximate surface area is 123 Å². The van der Waals surface area contributed by atoms with Gasteiger partial charge >= 0.3 is 0 Å². The van der Waals surface area contributed by atoms with E-state index >= 15 is 0 Å². The van der Waals surface area contributed by atoms with Gasteiger partial charge in [-0.05, 0) is 18.4 Å². The molecule has 0 unspecified atom stereocenters. The molecule has 20 heavy (non-hydrogen) atoms. The lowest BCUT2D eigenvalue weighted by atomic mass is 10.1. The summed E-state index contributed by atoms with van der Waals surface area (Å²) in [5.41, 5.74) is 1.20. The number of ether oxygens (including phenoxy) is 2. The molecule has 114 valence electrons. The van der Waals surface area contributed by atoms with E-state index in [0.29, 0.717) is 25.2 Å². The standard InChI is InChI=1S/C17H29NO2/c1-14(2)9-10-19-11-12-20-17-8-6-5-7-16(17)13-18-15(3)4/h5-8,14-15,18H,9-13H2,1-4H3. The van der Waals surface area contributed by atoms with E-state index in [4.69, 9.17) is 9.47 Å². The van der Waals surface area contributed by atoms with Crippen LogP contribution in [0, 0.1) is 5.92 Å². The summed E-state index contributed by atoms with van der Waals surface area (Å²) in [4.78, 5) is 0. The van der Waals surface area contributed by atoms with Crippen molar-refractivity contribution in [2.24, 2.45) is 5.92 Å². The minimum Gasteiger partial charge on any atom is -0.491 e. The molecule has 0 amide bonds. The molecule has 3 nitrogen and oxygen atoms in total. The van der Waals surface area contributed by atoms with Gasteiger partial charge in [0.2, 0.25) is 0 Å². The van der Waals surface area contributed by atoms with E-state index in [9.17, 15) is 0 Å². The van der Waals surface area contributed by atoms with Crippen LogP contribution in [0.1, 0.15) is 39.7 Å². The Morgan fingerprint density at radius 1 is 1.00 bits per heavy atom. The summed E-state index contributed by atoms with van der Waals surface area (Å²) in [5.74, 6) is 1.65. The van der Waals surface area contributed by atoms with Crippen LogP contribution >= 0.6 is 0 Å². The summed E-state index contributed by atoms with van der Waals surface area (Å²) >= 11 is 0. The Balaban J connectivity index is 2.28. The summed E-state index contributed by atoms with van der Waals surface area (Å²) in [6.45, 7) is 11.6. The van der Waals surface area contributed by atoms with Crippen molar-refractivity contribution in [3.63, 3.8) is 0 Å². The van der Waals surface area contributed by atoms with Crippen molar-refractivity contribution in [1.82, 2.24) is 5.32 Å². The lowest BCUT2D eigenvalue weighted by molar-refractivity contribution is 0.0922. The molecule has 0 atom stereocenters. The normalized spacial score (nSPS) is 11.3. The Morgan fingerprint density at radius 3 is 2.45 bits per heavy atom. The molecule has 1 aromatic carbocycles. The molecule has 0 saturated carbocycles. The van der Waals surface area contributed by atoms with Crippen LogP contribution < -0.4 is 10.1 Å². The van der Waals surface area contributed by atoms with E-state index in [2.05, 4.69) is 39.1 Å². The van der Waals surface area contributed by atoms with Gasteiger partial charge in [-0.3, -0.25) is 0 Å². The molecule has 0 bridgehead atoms. The molecule has 0 aliphatic rings. The van der Waals surface area contributed by atoms with E-state index in [1.54, 1.807) is 0 Å². The van der Waals surface area contributed by atoms with E-state index in [-0.39, 0.29) is 0 Å². The first-order valence-electron chi connectivity index (χ1n) is 7.61. The summed E-state index contributed by atoms with van der Waals surface area (Å²) in [7, 11) is 0. The lowest BCUT2D eigenvalue weighted by Crippen LogP contribution is -2.22. The van der Waals surface area contributed by atoms with Crippen LogP contribution in [0.3, 0.4) is 0 Å². The quantitative estimate of drug-likeness (QED) is 0.663. The first kappa shape index (κ1) is 17.0. The molecular weight excluding hydrogens is 250 g/mol. The smallest absolute Gasteiger partial charge is 0.123 e. The lowest BCUT2D eigenvalue weighted by Gasteiger charge is -2.14. The average Bonchev–Trinajstić information content (AvgIpc) is 2.41. The highest BCUT2D eigenvalue weighted by Crippen LogP contribution is 2.17. The molecule has 0 radical (unpaired) electrons. The van der Waals surface area contributed by atoms with E-state index in [1.165, 1.54) is 5.56 Å². The van der Waals surface area contributed by atoms with Crippen molar-refractivity contribution < 1.29 is 9.47 Å². The number of benzene rings is 1. The third-order valence-electron chi connectivity index (χ3n) is 3.00. The number of nitrogens with one attached hydrogen (secondary N) is 1. The fourth-order valence-electron chi connectivity index (χ4n) is 1.74. The summed E-state index contributed by atoms with van der Waals surface area (Å²) in [6.07, 6.45) is 1.11. The number of rotatable bonds is 10. The maximum atomic E-state index is 5.81. The van der Waals surface area contributed by atoms with Crippen molar-refractivity contribution in [3.05, 3.63) is 29.8 Å². The molecule has 0 saturated heterocycles. The highest BCUT2D eigenvalue weighted by atomic mass is 16.5. The second-order valence-electron chi connectivity index (χ2n) is 5.79. The Kier molecular flexibility index (Phi) is 8.31. The van der Waals surface area contributed by atoms with Gasteiger partial charge in [0.15, 0.2) is 0 Å². The van der Waals surface area contributed by atoms with Gasteiger partial charge in [-0.2, -0.15) is 0 Å². The van der Waals surface area contributed by atoms with E-state index in [1.807, 2.05) is 18.2 Å². The summed E-state index contributed by atoms with van der Waals surface area (Å²) in [5, 5.41) is 3.41. The molecule has 0 fully saturated rings. The van der Waals surface area contributed by atoms with Crippen molar-refractivity contribution >= 4 is 0 Å². The van der Waals surface area contributed by atoms with Gasteiger partial charge in [0, 0.05) is 24.8 Å².